The summed E-state index contributed by atoms with van der Waals surface area (Å²) >= 11 is 0. The van der Waals surface area contributed by atoms with E-state index in [-0.39, 0.29) is 29.8 Å². The number of hydrogen-bond acceptors (Lipinski definition) is 2. The van der Waals surface area contributed by atoms with Gasteiger partial charge >= 0.3 is 0 Å². The van der Waals surface area contributed by atoms with Gasteiger partial charge in [0.2, 0.25) is 5.91 Å². The zero-order valence-corrected chi connectivity index (χ0v) is 13.5. The molecule has 1 aromatic carbocycles. The number of benzene rings is 1. The van der Waals surface area contributed by atoms with Crippen LogP contribution in [0.15, 0.2) is 24.3 Å². The first-order valence-corrected chi connectivity index (χ1v) is 7.85. The quantitative estimate of drug-likeness (QED) is 0.878. The van der Waals surface area contributed by atoms with Gasteiger partial charge in [0.1, 0.15) is 0 Å². The number of halogens is 1. The lowest BCUT2D eigenvalue weighted by atomic mass is 9.94. The molecule has 4 heteroatoms. The Hall–Kier alpha value is -1.06. The first kappa shape index (κ1) is 16.3. The van der Waals surface area contributed by atoms with Crippen LogP contribution in [-0.2, 0) is 11.2 Å². The highest BCUT2D eigenvalue weighted by Gasteiger charge is 2.48. The smallest absolute Gasteiger partial charge is 0.226 e. The average molecular weight is 309 g/mol. The standard InChI is InChI=1S/C17H24N2O.ClH/c1-2-8-17(9-10-17)16(20)19-12-15-14-6-4-3-5-13(14)7-11-18-15;/h3-6,15,18H,2,7-12H2,1H3,(H,19,20);1H. The molecule has 1 saturated carbocycles. The van der Waals surface area contributed by atoms with Crippen molar-refractivity contribution in [3.8, 4) is 0 Å². The van der Waals surface area contributed by atoms with Gasteiger partial charge in [0.15, 0.2) is 0 Å². The molecule has 116 valence electrons. The Balaban J connectivity index is 0.00000161. The minimum absolute atomic E-state index is 0. The van der Waals surface area contributed by atoms with E-state index in [2.05, 4.69) is 41.8 Å². The third-order valence-electron chi connectivity index (χ3n) is 4.75. The zero-order chi connectivity index (χ0) is 14.0. The van der Waals surface area contributed by atoms with Crippen molar-refractivity contribution in [2.45, 2.75) is 45.1 Å². The van der Waals surface area contributed by atoms with Gasteiger partial charge in [-0.25, -0.2) is 0 Å². The molecule has 0 aromatic heterocycles. The molecule has 0 bridgehead atoms. The van der Waals surface area contributed by atoms with Crippen LogP contribution < -0.4 is 10.6 Å². The van der Waals surface area contributed by atoms with Crippen LogP contribution in [0.4, 0.5) is 0 Å². The molecule has 1 aliphatic heterocycles. The van der Waals surface area contributed by atoms with Gasteiger partial charge in [0.25, 0.3) is 0 Å². The highest BCUT2D eigenvalue weighted by molar-refractivity contribution is 5.85. The predicted octanol–water partition coefficient (Wildman–Crippen LogP) is 2.99. The van der Waals surface area contributed by atoms with E-state index in [0.717, 1.165) is 38.6 Å². The molecular formula is C17H25ClN2O. The van der Waals surface area contributed by atoms with E-state index < -0.39 is 0 Å². The fourth-order valence-electron chi connectivity index (χ4n) is 3.38. The van der Waals surface area contributed by atoms with Crippen molar-refractivity contribution in [2.24, 2.45) is 5.41 Å². The third-order valence-corrected chi connectivity index (χ3v) is 4.75. The van der Waals surface area contributed by atoms with E-state index in [4.69, 9.17) is 0 Å². The Morgan fingerprint density at radius 1 is 1.38 bits per heavy atom. The van der Waals surface area contributed by atoms with Gasteiger partial charge in [-0.2, -0.15) is 0 Å². The van der Waals surface area contributed by atoms with Crippen LogP contribution in [0.3, 0.4) is 0 Å². The fraction of sp³-hybridized carbons (Fsp3) is 0.588. The van der Waals surface area contributed by atoms with Gasteiger partial charge in [-0.15, -0.1) is 12.4 Å². The lowest BCUT2D eigenvalue weighted by Gasteiger charge is -2.27. The number of rotatable bonds is 5. The van der Waals surface area contributed by atoms with Crippen LogP contribution in [0.5, 0.6) is 0 Å². The molecule has 1 atom stereocenters. The predicted molar refractivity (Wildman–Crippen MR) is 87.7 cm³/mol. The highest BCUT2D eigenvalue weighted by Crippen LogP contribution is 2.49. The molecule has 2 aliphatic rings. The van der Waals surface area contributed by atoms with Crippen LogP contribution in [0.2, 0.25) is 0 Å². The molecule has 0 radical (unpaired) electrons. The summed E-state index contributed by atoms with van der Waals surface area (Å²) in [5.41, 5.74) is 2.74. The van der Waals surface area contributed by atoms with E-state index in [0.29, 0.717) is 6.54 Å². The molecular weight excluding hydrogens is 284 g/mol. The largest absolute Gasteiger partial charge is 0.354 e. The highest BCUT2D eigenvalue weighted by atomic mass is 35.5. The van der Waals surface area contributed by atoms with Crippen LogP contribution in [0.1, 0.15) is 49.8 Å². The Bertz CT molecular complexity index is 499. The normalized spacial score (nSPS) is 21.9. The van der Waals surface area contributed by atoms with Gasteiger partial charge in [-0.1, -0.05) is 37.6 Å². The second-order valence-electron chi connectivity index (χ2n) is 6.20. The maximum Gasteiger partial charge on any atom is 0.226 e. The Labute approximate surface area is 133 Å². The summed E-state index contributed by atoms with van der Waals surface area (Å²) < 4.78 is 0. The maximum absolute atomic E-state index is 12.3. The second-order valence-corrected chi connectivity index (χ2v) is 6.20. The summed E-state index contributed by atoms with van der Waals surface area (Å²) in [5, 5.41) is 6.70. The number of carbonyl (C=O) groups excluding carboxylic acids is 1. The number of fused-ring (bicyclic) bond motifs is 1. The molecule has 21 heavy (non-hydrogen) atoms. The van der Waals surface area contributed by atoms with E-state index in [1.54, 1.807) is 0 Å². The molecule has 1 aromatic rings. The first-order valence-electron chi connectivity index (χ1n) is 7.85. The first-order chi connectivity index (χ1) is 9.75. The Morgan fingerprint density at radius 3 is 2.86 bits per heavy atom. The summed E-state index contributed by atoms with van der Waals surface area (Å²) in [6.07, 6.45) is 5.36. The van der Waals surface area contributed by atoms with Crippen LogP contribution in [0, 0.1) is 5.41 Å². The number of nitrogens with one attached hydrogen (secondary N) is 2. The lowest BCUT2D eigenvalue weighted by molar-refractivity contribution is -0.126. The molecule has 1 amide bonds. The summed E-state index contributed by atoms with van der Waals surface area (Å²) in [6.45, 7) is 3.87. The van der Waals surface area contributed by atoms with Crippen molar-refractivity contribution in [3.63, 3.8) is 0 Å². The molecule has 3 rings (SSSR count). The van der Waals surface area contributed by atoms with Crippen LogP contribution in [0.25, 0.3) is 0 Å². The summed E-state index contributed by atoms with van der Waals surface area (Å²) in [4.78, 5) is 12.3. The van der Waals surface area contributed by atoms with Crippen molar-refractivity contribution in [1.29, 1.82) is 0 Å². The molecule has 1 unspecified atom stereocenters. The van der Waals surface area contributed by atoms with Crippen molar-refractivity contribution >= 4 is 18.3 Å². The second kappa shape index (κ2) is 6.80. The molecule has 0 spiro atoms. The van der Waals surface area contributed by atoms with Gasteiger partial charge in [-0.05, 0) is 43.4 Å². The minimum Gasteiger partial charge on any atom is -0.354 e. The van der Waals surface area contributed by atoms with Crippen molar-refractivity contribution < 1.29 is 4.79 Å². The number of carbonyl (C=O) groups is 1. The van der Waals surface area contributed by atoms with Crippen molar-refractivity contribution in [2.75, 3.05) is 13.1 Å². The fourth-order valence-corrected chi connectivity index (χ4v) is 3.38. The molecule has 1 fully saturated rings. The maximum atomic E-state index is 12.3. The van der Waals surface area contributed by atoms with Crippen molar-refractivity contribution in [3.05, 3.63) is 35.4 Å². The molecule has 3 nitrogen and oxygen atoms in total. The lowest BCUT2D eigenvalue weighted by Crippen LogP contribution is -2.41. The zero-order valence-electron chi connectivity index (χ0n) is 12.7. The average Bonchev–Trinajstić information content (AvgIpc) is 3.26. The van der Waals surface area contributed by atoms with Gasteiger partial charge in [0, 0.05) is 18.0 Å². The topological polar surface area (TPSA) is 41.1 Å². The van der Waals surface area contributed by atoms with Crippen molar-refractivity contribution in [1.82, 2.24) is 10.6 Å². The van der Waals surface area contributed by atoms with Crippen LogP contribution in [-0.4, -0.2) is 19.0 Å². The summed E-state index contributed by atoms with van der Waals surface area (Å²) in [6, 6.07) is 8.82. The van der Waals surface area contributed by atoms with Crippen LogP contribution >= 0.6 is 12.4 Å². The van der Waals surface area contributed by atoms with E-state index >= 15 is 0 Å². The molecule has 1 aliphatic carbocycles. The van der Waals surface area contributed by atoms with E-state index in [1.807, 2.05) is 0 Å². The Morgan fingerprint density at radius 2 is 2.14 bits per heavy atom. The molecule has 1 heterocycles. The van der Waals surface area contributed by atoms with E-state index in [1.165, 1.54) is 11.1 Å². The minimum atomic E-state index is -0.0249. The number of hydrogen-bond donors (Lipinski definition) is 2. The Kier molecular flexibility index (Phi) is 5.28. The monoisotopic (exact) mass is 308 g/mol. The summed E-state index contributed by atoms with van der Waals surface area (Å²) in [5.74, 6) is 0.268. The molecule has 0 saturated heterocycles. The summed E-state index contributed by atoms with van der Waals surface area (Å²) in [7, 11) is 0. The number of amides is 1. The SMILES string of the molecule is CCCC1(C(=O)NCC2NCCc3ccccc32)CC1.Cl. The third kappa shape index (κ3) is 3.41. The van der Waals surface area contributed by atoms with Gasteiger partial charge in [0.05, 0.1) is 0 Å². The van der Waals surface area contributed by atoms with E-state index in [9.17, 15) is 4.79 Å². The molecule has 2 N–H and O–H groups in total. The van der Waals surface area contributed by atoms with Gasteiger partial charge in [-0.3, -0.25) is 4.79 Å². The van der Waals surface area contributed by atoms with Gasteiger partial charge < -0.3 is 10.6 Å².